The summed E-state index contributed by atoms with van der Waals surface area (Å²) < 4.78 is 45.9. The first kappa shape index (κ1) is 18.5. The summed E-state index contributed by atoms with van der Waals surface area (Å²) in [5.74, 6) is 0.776. The zero-order valence-electron chi connectivity index (χ0n) is 15.1. The maximum Gasteiger partial charge on any atom is 0.416 e. The fourth-order valence-electron chi connectivity index (χ4n) is 3.24. The lowest BCUT2D eigenvalue weighted by Gasteiger charge is -2.11. The molecule has 0 unspecified atom stereocenters. The molecule has 0 aliphatic carbocycles. The molecule has 0 N–H and O–H groups in total. The van der Waals surface area contributed by atoms with Gasteiger partial charge in [0.15, 0.2) is 5.65 Å². The van der Waals surface area contributed by atoms with Crippen LogP contribution < -0.4 is 4.74 Å². The Morgan fingerprint density at radius 1 is 1.00 bits per heavy atom. The molecule has 0 aliphatic rings. The highest BCUT2D eigenvalue weighted by molar-refractivity contribution is 6.33. The number of rotatable bonds is 2. The van der Waals surface area contributed by atoms with E-state index in [0.29, 0.717) is 34.1 Å². The highest BCUT2D eigenvalue weighted by Crippen LogP contribution is 2.37. The molecular formula is C19H14ClF3N4O. The lowest BCUT2D eigenvalue weighted by atomic mass is 10.1. The second-order valence-electron chi connectivity index (χ2n) is 6.29. The average Bonchev–Trinajstić information content (AvgIpc) is 2.98. The molecule has 0 saturated heterocycles. The van der Waals surface area contributed by atoms with Crippen LogP contribution in [0, 0.1) is 13.8 Å². The molecule has 5 nitrogen and oxygen atoms in total. The first-order valence-corrected chi connectivity index (χ1v) is 8.66. The van der Waals surface area contributed by atoms with Crippen molar-refractivity contribution in [1.82, 2.24) is 19.4 Å². The largest absolute Gasteiger partial charge is 0.481 e. The van der Waals surface area contributed by atoms with Gasteiger partial charge in [-0.1, -0.05) is 11.6 Å². The van der Waals surface area contributed by atoms with Crippen molar-refractivity contribution >= 4 is 28.3 Å². The molecule has 0 atom stereocenters. The van der Waals surface area contributed by atoms with Gasteiger partial charge < -0.3 is 4.74 Å². The lowest BCUT2D eigenvalue weighted by molar-refractivity contribution is -0.137. The minimum Gasteiger partial charge on any atom is -0.481 e. The molecule has 4 rings (SSSR count). The van der Waals surface area contributed by atoms with Crippen LogP contribution in [0.1, 0.15) is 17.0 Å². The van der Waals surface area contributed by atoms with Crippen LogP contribution in [0.2, 0.25) is 5.02 Å². The number of methoxy groups -OCH3 is 1. The number of fused-ring (bicyclic) bond motifs is 3. The number of imidazole rings is 1. The van der Waals surface area contributed by atoms with Crippen molar-refractivity contribution in [2.75, 3.05) is 7.11 Å². The van der Waals surface area contributed by atoms with Crippen molar-refractivity contribution < 1.29 is 17.9 Å². The number of aryl methyl sites for hydroxylation is 2. The minimum atomic E-state index is -4.48. The van der Waals surface area contributed by atoms with Crippen LogP contribution in [-0.4, -0.2) is 26.5 Å². The third-order valence-corrected chi connectivity index (χ3v) is 4.78. The smallest absolute Gasteiger partial charge is 0.416 e. The van der Waals surface area contributed by atoms with E-state index in [1.807, 2.05) is 6.92 Å². The number of benzene rings is 1. The summed E-state index contributed by atoms with van der Waals surface area (Å²) in [5.41, 5.74) is 2.75. The highest BCUT2D eigenvalue weighted by atomic mass is 35.5. The molecule has 0 amide bonds. The summed E-state index contributed by atoms with van der Waals surface area (Å²) in [5, 5.41) is -0.0489. The molecule has 28 heavy (non-hydrogen) atoms. The monoisotopic (exact) mass is 406 g/mol. The van der Waals surface area contributed by atoms with Crippen LogP contribution in [0.15, 0.2) is 30.3 Å². The number of hydrogen-bond donors (Lipinski definition) is 0. The Balaban J connectivity index is 2.08. The van der Waals surface area contributed by atoms with Gasteiger partial charge in [0.1, 0.15) is 11.3 Å². The summed E-state index contributed by atoms with van der Waals surface area (Å²) in [7, 11) is 1.50. The van der Waals surface area contributed by atoms with Gasteiger partial charge in [0.25, 0.3) is 0 Å². The molecule has 0 fully saturated rings. The average molecular weight is 407 g/mol. The van der Waals surface area contributed by atoms with Crippen LogP contribution in [0.5, 0.6) is 5.88 Å². The molecule has 3 aromatic heterocycles. The van der Waals surface area contributed by atoms with Crippen molar-refractivity contribution in [2.45, 2.75) is 20.0 Å². The number of hydrogen-bond acceptors (Lipinski definition) is 4. The third kappa shape index (κ3) is 2.84. The van der Waals surface area contributed by atoms with Crippen molar-refractivity contribution in [1.29, 1.82) is 0 Å². The molecule has 3 heterocycles. The Hall–Kier alpha value is -2.87. The Morgan fingerprint density at radius 3 is 2.36 bits per heavy atom. The fourth-order valence-corrected chi connectivity index (χ4v) is 3.50. The maximum atomic E-state index is 13.0. The SMILES string of the molecule is COc1ccc2nc(C)c3c(C)nc(-c4ccc(C(F)(F)F)cc4Cl)n3c2n1. The highest BCUT2D eigenvalue weighted by Gasteiger charge is 2.31. The standard InChI is InChI=1S/C19H14ClF3N4O/c1-9-16-10(2)25-17(12-5-4-11(8-13(12)20)19(21,22)23)27(16)18-14(24-9)6-7-15(26-18)28-3/h4-8H,1-3H3. The molecule has 1 aromatic carbocycles. The van der Waals surface area contributed by atoms with Gasteiger partial charge >= 0.3 is 6.18 Å². The first-order valence-electron chi connectivity index (χ1n) is 8.28. The molecule has 0 aliphatic heterocycles. The predicted octanol–water partition coefficient (Wildman–Crippen LogP) is 5.24. The van der Waals surface area contributed by atoms with E-state index in [1.165, 1.54) is 13.2 Å². The van der Waals surface area contributed by atoms with E-state index in [9.17, 15) is 13.2 Å². The number of nitrogens with zero attached hydrogens (tertiary/aromatic N) is 4. The zero-order chi connectivity index (χ0) is 20.2. The van der Waals surface area contributed by atoms with Crippen LogP contribution in [-0.2, 0) is 6.18 Å². The molecule has 4 aromatic rings. The molecule has 9 heteroatoms. The van der Waals surface area contributed by atoms with Crippen LogP contribution in [0.3, 0.4) is 0 Å². The summed E-state index contributed by atoms with van der Waals surface area (Å²) in [6.07, 6.45) is -4.48. The van der Waals surface area contributed by atoms with Crippen molar-refractivity contribution in [2.24, 2.45) is 0 Å². The van der Waals surface area contributed by atoms with Gasteiger partial charge in [-0.3, -0.25) is 4.40 Å². The van der Waals surface area contributed by atoms with Crippen molar-refractivity contribution in [3.63, 3.8) is 0 Å². The molecule has 0 saturated carbocycles. The van der Waals surface area contributed by atoms with Crippen LogP contribution in [0.25, 0.3) is 28.1 Å². The molecule has 0 radical (unpaired) electrons. The topological polar surface area (TPSA) is 52.3 Å². The van der Waals surface area contributed by atoms with E-state index in [0.717, 1.165) is 23.3 Å². The van der Waals surface area contributed by atoms with E-state index in [4.69, 9.17) is 16.3 Å². The van der Waals surface area contributed by atoms with Gasteiger partial charge in [-0.15, -0.1) is 0 Å². The lowest BCUT2D eigenvalue weighted by Crippen LogP contribution is -2.05. The van der Waals surface area contributed by atoms with Crippen molar-refractivity contribution in [3.05, 3.63) is 52.3 Å². The van der Waals surface area contributed by atoms with Gasteiger partial charge in [-0.2, -0.15) is 18.2 Å². The summed E-state index contributed by atoms with van der Waals surface area (Å²) >= 11 is 6.22. The maximum absolute atomic E-state index is 13.0. The number of aromatic nitrogens is 4. The van der Waals surface area contributed by atoms with E-state index in [-0.39, 0.29) is 5.02 Å². The van der Waals surface area contributed by atoms with Gasteiger partial charge in [0.05, 0.1) is 34.6 Å². The number of alkyl halides is 3. The van der Waals surface area contributed by atoms with Crippen molar-refractivity contribution in [3.8, 4) is 17.3 Å². The Labute approximate surface area is 162 Å². The van der Waals surface area contributed by atoms with E-state index >= 15 is 0 Å². The second kappa shape index (κ2) is 6.34. The van der Waals surface area contributed by atoms with Gasteiger partial charge in [0.2, 0.25) is 5.88 Å². The van der Waals surface area contributed by atoms with Crippen LogP contribution >= 0.6 is 11.6 Å². The van der Waals surface area contributed by atoms with Gasteiger partial charge in [-0.05, 0) is 38.1 Å². The molecule has 144 valence electrons. The Bertz CT molecular complexity index is 1230. The van der Waals surface area contributed by atoms with Gasteiger partial charge in [-0.25, -0.2) is 9.97 Å². The zero-order valence-corrected chi connectivity index (χ0v) is 15.9. The van der Waals surface area contributed by atoms with E-state index in [2.05, 4.69) is 15.0 Å². The Kier molecular flexibility index (Phi) is 4.19. The summed E-state index contributed by atoms with van der Waals surface area (Å²) in [6.45, 7) is 3.64. The third-order valence-electron chi connectivity index (χ3n) is 4.47. The number of ether oxygens (including phenoxy) is 1. The van der Waals surface area contributed by atoms with E-state index in [1.54, 1.807) is 23.5 Å². The molecule has 0 bridgehead atoms. The second-order valence-corrected chi connectivity index (χ2v) is 6.70. The number of halogens is 4. The molecular weight excluding hydrogens is 393 g/mol. The number of pyridine rings is 1. The Morgan fingerprint density at radius 2 is 1.71 bits per heavy atom. The van der Waals surface area contributed by atoms with E-state index < -0.39 is 11.7 Å². The van der Waals surface area contributed by atoms with Crippen LogP contribution in [0.4, 0.5) is 13.2 Å². The predicted molar refractivity (Wildman–Crippen MR) is 99.8 cm³/mol. The first-order chi connectivity index (χ1) is 13.2. The normalized spacial score (nSPS) is 12.1. The summed E-state index contributed by atoms with van der Waals surface area (Å²) in [4.78, 5) is 13.6. The quantitative estimate of drug-likeness (QED) is 0.456. The fraction of sp³-hybridized carbons (Fsp3) is 0.211. The minimum absolute atomic E-state index is 0.0489. The molecule has 0 spiro atoms. The summed E-state index contributed by atoms with van der Waals surface area (Å²) in [6, 6.07) is 6.66. The van der Waals surface area contributed by atoms with Gasteiger partial charge in [0, 0.05) is 11.6 Å².